The fourth-order valence-corrected chi connectivity index (χ4v) is 1.38. The molecule has 1 rings (SSSR count). The Balaban J connectivity index is 2.71. The van der Waals surface area contributed by atoms with E-state index in [2.05, 4.69) is 15.6 Å². The van der Waals surface area contributed by atoms with E-state index in [-0.39, 0.29) is 6.04 Å². The van der Waals surface area contributed by atoms with Gasteiger partial charge in [0, 0.05) is 18.9 Å². The van der Waals surface area contributed by atoms with Gasteiger partial charge >= 0.3 is 0 Å². The van der Waals surface area contributed by atoms with Crippen LogP contribution >= 0.6 is 0 Å². The molecule has 0 amide bonds. The first-order valence-electron chi connectivity index (χ1n) is 5.39. The highest BCUT2D eigenvalue weighted by Gasteiger charge is 2.08. The van der Waals surface area contributed by atoms with Crippen molar-refractivity contribution in [3.05, 3.63) is 52.2 Å². The normalized spacial score (nSPS) is 12.9. The number of pyridine rings is 1. The van der Waals surface area contributed by atoms with E-state index in [1.165, 1.54) is 0 Å². The third-order valence-electron chi connectivity index (χ3n) is 2.16. The van der Waals surface area contributed by atoms with Crippen LogP contribution in [0.4, 0.5) is 0 Å². The second-order valence-electron chi connectivity index (χ2n) is 3.51. The Morgan fingerprint density at radius 3 is 3.00 bits per heavy atom. The van der Waals surface area contributed by atoms with Gasteiger partial charge in [0.1, 0.15) is 0 Å². The number of nitro groups is 1. The monoisotopic (exact) mass is 236 g/mol. The zero-order valence-corrected chi connectivity index (χ0v) is 9.88. The maximum absolute atomic E-state index is 10.4. The summed E-state index contributed by atoms with van der Waals surface area (Å²) in [7, 11) is 0. The van der Waals surface area contributed by atoms with Crippen LogP contribution in [0.5, 0.6) is 0 Å². The van der Waals surface area contributed by atoms with Crippen molar-refractivity contribution in [2.75, 3.05) is 6.54 Å². The number of nitrogens with one attached hydrogen (secondary N) is 2. The summed E-state index contributed by atoms with van der Waals surface area (Å²) >= 11 is 0. The molecule has 1 atom stereocenters. The predicted molar refractivity (Wildman–Crippen MR) is 64.5 cm³/mol. The van der Waals surface area contributed by atoms with E-state index in [0.717, 1.165) is 11.8 Å². The molecule has 6 nitrogen and oxygen atoms in total. The van der Waals surface area contributed by atoms with Crippen LogP contribution in [-0.2, 0) is 0 Å². The third kappa shape index (κ3) is 4.50. The Labute approximate surface area is 99.9 Å². The zero-order chi connectivity index (χ0) is 12.7. The molecular weight excluding hydrogens is 220 g/mol. The number of aromatic nitrogens is 1. The molecule has 2 N–H and O–H groups in total. The van der Waals surface area contributed by atoms with Gasteiger partial charge in [-0.15, -0.1) is 0 Å². The second kappa shape index (κ2) is 6.47. The van der Waals surface area contributed by atoms with Crippen LogP contribution in [0, 0.1) is 10.1 Å². The van der Waals surface area contributed by atoms with Crippen LogP contribution in [0.3, 0.4) is 0 Å². The second-order valence-corrected chi connectivity index (χ2v) is 3.51. The summed E-state index contributed by atoms with van der Waals surface area (Å²) in [6.45, 7) is 4.42. The highest BCUT2D eigenvalue weighted by atomic mass is 16.6. The maximum atomic E-state index is 10.4. The van der Waals surface area contributed by atoms with Gasteiger partial charge in [0.15, 0.2) is 5.82 Å². The molecule has 0 aromatic carbocycles. The number of hydrogen-bond donors (Lipinski definition) is 2. The van der Waals surface area contributed by atoms with Crippen molar-refractivity contribution in [3.8, 4) is 0 Å². The summed E-state index contributed by atoms with van der Waals surface area (Å²) in [6.07, 6.45) is 4.35. The molecule has 0 fully saturated rings. The van der Waals surface area contributed by atoms with Gasteiger partial charge in [0.2, 0.25) is 0 Å². The summed E-state index contributed by atoms with van der Waals surface area (Å²) in [5.41, 5.74) is 0.972. The van der Waals surface area contributed by atoms with Crippen molar-refractivity contribution in [2.24, 2.45) is 0 Å². The highest BCUT2D eigenvalue weighted by molar-refractivity contribution is 5.14. The average Bonchev–Trinajstić information content (AvgIpc) is 2.29. The van der Waals surface area contributed by atoms with Gasteiger partial charge in [-0.25, -0.2) is 0 Å². The van der Waals surface area contributed by atoms with Gasteiger partial charge in [0.05, 0.1) is 11.0 Å². The molecule has 1 aromatic heterocycles. The molecular formula is C11H16N4O2. The SMILES string of the molecule is CCN/C(=C\[N+](=O)[O-])NC(C)c1cccnc1. The van der Waals surface area contributed by atoms with Gasteiger partial charge in [-0.05, 0) is 25.5 Å². The minimum Gasteiger partial charge on any atom is -0.367 e. The Morgan fingerprint density at radius 1 is 1.71 bits per heavy atom. The topological polar surface area (TPSA) is 80.1 Å². The lowest BCUT2D eigenvalue weighted by molar-refractivity contribution is -0.404. The lowest BCUT2D eigenvalue weighted by Gasteiger charge is -2.16. The first-order valence-corrected chi connectivity index (χ1v) is 5.39. The van der Waals surface area contributed by atoms with Crippen LogP contribution in [0.2, 0.25) is 0 Å². The highest BCUT2D eigenvalue weighted by Crippen LogP contribution is 2.10. The molecule has 6 heteroatoms. The average molecular weight is 236 g/mol. The van der Waals surface area contributed by atoms with E-state index >= 15 is 0 Å². The molecule has 0 saturated carbocycles. The van der Waals surface area contributed by atoms with E-state index in [4.69, 9.17) is 0 Å². The molecule has 0 aliphatic carbocycles. The molecule has 0 bridgehead atoms. The molecule has 1 unspecified atom stereocenters. The van der Waals surface area contributed by atoms with Gasteiger partial charge in [-0.1, -0.05) is 6.07 Å². The molecule has 0 aliphatic heterocycles. The summed E-state index contributed by atoms with van der Waals surface area (Å²) in [5.74, 6) is 0.397. The van der Waals surface area contributed by atoms with E-state index < -0.39 is 4.92 Å². The van der Waals surface area contributed by atoms with E-state index in [1.807, 2.05) is 26.0 Å². The Morgan fingerprint density at radius 2 is 2.47 bits per heavy atom. The van der Waals surface area contributed by atoms with Crippen molar-refractivity contribution in [2.45, 2.75) is 19.9 Å². The van der Waals surface area contributed by atoms with Crippen LogP contribution < -0.4 is 10.6 Å². The fourth-order valence-electron chi connectivity index (χ4n) is 1.38. The van der Waals surface area contributed by atoms with Crippen LogP contribution in [0.15, 0.2) is 36.5 Å². The molecule has 1 heterocycles. The Bertz CT molecular complexity index is 392. The van der Waals surface area contributed by atoms with E-state index in [1.54, 1.807) is 12.4 Å². The van der Waals surface area contributed by atoms with Crippen LogP contribution in [0.1, 0.15) is 25.5 Å². The summed E-state index contributed by atoms with van der Waals surface area (Å²) in [6, 6.07) is 3.70. The molecule has 0 spiro atoms. The minimum absolute atomic E-state index is 0.0473. The van der Waals surface area contributed by atoms with Gasteiger partial charge in [-0.2, -0.15) is 0 Å². The molecule has 17 heavy (non-hydrogen) atoms. The van der Waals surface area contributed by atoms with Crippen molar-refractivity contribution in [3.63, 3.8) is 0 Å². The first-order chi connectivity index (χ1) is 8.13. The first kappa shape index (κ1) is 13.0. The lowest BCUT2D eigenvalue weighted by atomic mass is 10.1. The van der Waals surface area contributed by atoms with Crippen molar-refractivity contribution >= 4 is 0 Å². The van der Waals surface area contributed by atoms with Gasteiger partial charge < -0.3 is 10.6 Å². The van der Waals surface area contributed by atoms with Gasteiger partial charge in [-0.3, -0.25) is 15.1 Å². The Hall–Kier alpha value is -2.11. The standard InChI is InChI=1S/C11H16N4O2/c1-3-13-11(8-15(16)17)14-9(2)10-5-4-6-12-7-10/h4-9,13-14H,3H2,1-2H3/b11-8+. The largest absolute Gasteiger partial charge is 0.367 e. The van der Waals surface area contributed by atoms with E-state index in [0.29, 0.717) is 12.4 Å². The quantitative estimate of drug-likeness (QED) is 0.576. The summed E-state index contributed by atoms with van der Waals surface area (Å²) in [5, 5.41) is 16.4. The maximum Gasteiger partial charge on any atom is 0.274 e. The minimum atomic E-state index is -0.485. The number of rotatable bonds is 6. The lowest BCUT2D eigenvalue weighted by Crippen LogP contribution is -2.29. The van der Waals surface area contributed by atoms with E-state index in [9.17, 15) is 10.1 Å². The number of nitrogens with zero attached hydrogens (tertiary/aromatic N) is 2. The van der Waals surface area contributed by atoms with Crippen LogP contribution in [0.25, 0.3) is 0 Å². The summed E-state index contributed by atoms with van der Waals surface area (Å²) in [4.78, 5) is 14.0. The van der Waals surface area contributed by atoms with Crippen molar-refractivity contribution in [1.29, 1.82) is 0 Å². The number of hydrogen-bond acceptors (Lipinski definition) is 5. The molecule has 0 saturated heterocycles. The molecule has 92 valence electrons. The van der Waals surface area contributed by atoms with Crippen molar-refractivity contribution < 1.29 is 4.92 Å². The third-order valence-corrected chi connectivity index (χ3v) is 2.16. The molecule has 1 aromatic rings. The molecule has 0 aliphatic rings. The Kier molecular flexibility index (Phi) is 4.93. The van der Waals surface area contributed by atoms with Crippen molar-refractivity contribution in [1.82, 2.24) is 15.6 Å². The van der Waals surface area contributed by atoms with Gasteiger partial charge in [0.25, 0.3) is 6.20 Å². The zero-order valence-electron chi connectivity index (χ0n) is 9.88. The smallest absolute Gasteiger partial charge is 0.274 e. The van der Waals surface area contributed by atoms with Crippen LogP contribution in [-0.4, -0.2) is 16.5 Å². The fraction of sp³-hybridized carbons (Fsp3) is 0.364. The summed E-state index contributed by atoms with van der Waals surface area (Å²) < 4.78 is 0. The predicted octanol–water partition coefficient (Wildman–Crippen LogP) is 1.42. The molecule has 0 radical (unpaired) electrons.